The maximum Gasteiger partial charge on any atom is 0.416 e. The molecule has 0 saturated carbocycles. The standard InChI is InChI=1S/C29H24F4N4O5/c30-25-16(5-10-20-21(25)14-37(27(20)40)23-11-12-24(38)36-26(23)39)13-34-28(41)35-18-6-8-19(9-7-18)42-15-17-3-1-2-4-22(17)29(31,32)33/h1-10,23H,11-15H2,(H2,34,35,41)(H,36,38,39). The summed E-state index contributed by atoms with van der Waals surface area (Å²) in [7, 11) is 0. The van der Waals surface area contributed by atoms with Crippen LogP contribution in [-0.2, 0) is 35.5 Å². The monoisotopic (exact) mass is 584 g/mol. The molecular weight excluding hydrogens is 560 g/mol. The second kappa shape index (κ2) is 11.5. The summed E-state index contributed by atoms with van der Waals surface area (Å²) >= 11 is 0. The number of alkyl halides is 3. The Morgan fingerprint density at radius 3 is 2.45 bits per heavy atom. The number of carbonyl (C=O) groups is 4. The van der Waals surface area contributed by atoms with Gasteiger partial charge >= 0.3 is 12.2 Å². The number of halogens is 4. The summed E-state index contributed by atoms with van der Waals surface area (Å²) in [4.78, 5) is 50.1. The summed E-state index contributed by atoms with van der Waals surface area (Å²) in [5.74, 6) is -1.91. The van der Waals surface area contributed by atoms with Gasteiger partial charge in [0.1, 0.15) is 24.2 Å². The van der Waals surface area contributed by atoms with Crippen LogP contribution in [0.2, 0.25) is 0 Å². The molecule has 2 aliphatic rings. The Hall–Kier alpha value is -4.94. The van der Waals surface area contributed by atoms with Gasteiger partial charge in [0.15, 0.2) is 0 Å². The van der Waals surface area contributed by atoms with E-state index >= 15 is 4.39 Å². The Morgan fingerprint density at radius 1 is 1.00 bits per heavy atom. The third kappa shape index (κ3) is 6.04. The Morgan fingerprint density at radius 2 is 1.74 bits per heavy atom. The zero-order valence-corrected chi connectivity index (χ0v) is 21.9. The van der Waals surface area contributed by atoms with Gasteiger partial charge in [0.2, 0.25) is 11.8 Å². The smallest absolute Gasteiger partial charge is 0.416 e. The number of hydrogen-bond acceptors (Lipinski definition) is 5. The predicted molar refractivity (Wildman–Crippen MR) is 141 cm³/mol. The molecule has 13 heteroatoms. The van der Waals surface area contributed by atoms with Crippen molar-refractivity contribution in [2.75, 3.05) is 5.32 Å². The van der Waals surface area contributed by atoms with Gasteiger partial charge in [-0.1, -0.05) is 24.3 Å². The van der Waals surface area contributed by atoms with Crippen LogP contribution in [0, 0.1) is 5.82 Å². The number of nitrogens with zero attached hydrogens (tertiary/aromatic N) is 1. The van der Waals surface area contributed by atoms with Gasteiger partial charge in [0.25, 0.3) is 5.91 Å². The first-order valence-corrected chi connectivity index (χ1v) is 12.9. The highest BCUT2D eigenvalue weighted by Gasteiger charge is 2.40. The van der Waals surface area contributed by atoms with Crippen molar-refractivity contribution >= 4 is 29.4 Å². The molecule has 0 spiro atoms. The lowest BCUT2D eigenvalue weighted by atomic mass is 10.0. The summed E-state index contributed by atoms with van der Waals surface area (Å²) in [6.07, 6.45) is -4.27. The van der Waals surface area contributed by atoms with Gasteiger partial charge < -0.3 is 20.3 Å². The molecule has 42 heavy (non-hydrogen) atoms. The van der Waals surface area contributed by atoms with Crippen LogP contribution in [0.4, 0.5) is 28.0 Å². The van der Waals surface area contributed by atoms with Gasteiger partial charge in [-0.05, 0) is 42.8 Å². The van der Waals surface area contributed by atoms with Gasteiger partial charge in [0.05, 0.1) is 12.1 Å². The van der Waals surface area contributed by atoms with Crippen molar-refractivity contribution in [3.05, 3.63) is 94.3 Å². The second-order valence-corrected chi connectivity index (χ2v) is 9.74. The normalized spacial score (nSPS) is 16.6. The van der Waals surface area contributed by atoms with Crippen molar-refractivity contribution in [3.63, 3.8) is 0 Å². The highest BCUT2D eigenvalue weighted by Crippen LogP contribution is 2.33. The zero-order valence-electron chi connectivity index (χ0n) is 21.9. The lowest BCUT2D eigenvalue weighted by Gasteiger charge is -2.29. The molecule has 3 aromatic rings. The number of imide groups is 1. The molecule has 218 valence electrons. The van der Waals surface area contributed by atoms with Crippen molar-refractivity contribution in [1.29, 1.82) is 0 Å². The fourth-order valence-corrected chi connectivity index (χ4v) is 4.86. The molecule has 1 unspecified atom stereocenters. The van der Waals surface area contributed by atoms with Crippen molar-refractivity contribution < 1.29 is 41.5 Å². The number of fused-ring (bicyclic) bond motifs is 1. The molecule has 0 radical (unpaired) electrons. The van der Waals surface area contributed by atoms with Gasteiger partial charge in [-0.15, -0.1) is 0 Å². The van der Waals surface area contributed by atoms with Gasteiger partial charge in [-0.3, -0.25) is 19.7 Å². The van der Waals surface area contributed by atoms with Crippen LogP contribution in [0.25, 0.3) is 0 Å². The van der Waals surface area contributed by atoms with E-state index in [0.29, 0.717) is 11.4 Å². The van der Waals surface area contributed by atoms with E-state index in [4.69, 9.17) is 4.74 Å². The molecule has 0 aromatic heterocycles. The average molecular weight is 585 g/mol. The molecule has 1 fully saturated rings. The van der Waals surface area contributed by atoms with Crippen LogP contribution in [0.3, 0.4) is 0 Å². The van der Waals surface area contributed by atoms with E-state index in [0.717, 1.165) is 6.07 Å². The second-order valence-electron chi connectivity index (χ2n) is 9.74. The van der Waals surface area contributed by atoms with E-state index in [-0.39, 0.29) is 54.8 Å². The van der Waals surface area contributed by atoms with Gasteiger partial charge in [0, 0.05) is 40.9 Å². The molecule has 0 bridgehead atoms. The molecule has 0 aliphatic carbocycles. The van der Waals surface area contributed by atoms with E-state index < -0.39 is 47.4 Å². The summed E-state index contributed by atoms with van der Waals surface area (Å²) in [6.45, 7) is -0.633. The van der Waals surface area contributed by atoms with E-state index in [2.05, 4.69) is 16.0 Å². The van der Waals surface area contributed by atoms with Crippen LogP contribution < -0.4 is 20.7 Å². The lowest BCUT2D eigenvalue weighted by molar-refractivity contribution is -0.139. The third-order valence-electron chi connectivity index (χ3n) is 7.00. The Bertz CT molecular complexity index is 1560. The molecule has 5 amide bonds. The molecule has 2 aliphatic heterocycles. The van der Waals surface area contributed by atoms with E-state index in [9.17, 15) is 32.3 Å². The number of hydrogen-bond donors (Lipinski definition) is 3. The molecular formula is C29H24F4N4O5. The molecule has 2 heterocycles. The van der Waals surface area contributed by atoms with Gasteiger partial charge in [-0.25, -0.2) is 9.18 Å². The van der Waals surface area contributed by atoms with Crippen LogP contribution in [-0.4, -0.2) is 34.7 Å². The topological polar surface area (TPSA) is 117 Å². The van der Waals surface area contributed by atoms with E-state index in [1.54, 1.807) is 0 Å². The number of rotatable bonds is 7. The van der Waals surface area contributed by atoms with Crippen LogP contribution in [0.5, 0.6) is 5.75 Å². The summed E-state index contributed by atoms with van der Waals surface area (Å²) in [6, 6.07) is 12.4. The minimum absolute atomic E-state index is 0.0154. The van der Waals surface area contributed by atoms with Gasteiger partial charge in [-0.2, -0.15) is 13.2 Å². The average Bonchev–Trinajstić information content (AvgIpc) is 3.28. The Kier molecular flexibility index (Phi) is 7.83. The molecule has 5 rings (SSSR count). The maximum atomic E-state index is 15.3. The highest BCUT2D eigenvalue weighted by atomic mass is 19.4. The lowest BCUT2D eigenvalue weighted by Crippen LogP contribution is -2.52. The van der Waals surface area contributed by atoms with Crippen molar-refractivity contribution in [1.82, 2.24) is 15.5 Å². The van der Waals surface area contributed by atoms with E-state index in [1.807, 2.05) is 0 Å². The van der Waals surface area contributed by atoms with Crippen LogP contribution >= 0.6 is 0 Å². The molecule has 1 saturated heterocycles. The number of amides is 5. The van der Waals surface area contributed by atoms with E-state index in [1.165, 1.54) is 59.5 Å². The first-order chi connectivity index (χ1) is 20.0. The fraction of sp³-hybridized carbons (Fsp3) is 0.241. The number of carbonyl (C=O) groups excluding carboxylic acids is 4. The largest absolute Gasteiger partial charge is 0.489 e. The fourth-order valence-electron chi connectivity index (χ4n) is 4.86. The number of benzene rings is 3. The number of piperidine rings is 1. The van der Waals surface area contributed by atoms with Crippen molar-refractivity contribution in [3.8, 4) is 5.75 Å². The summed E-state index contributed by atoms with van der Waals surface area (Å²) < 4.78 is 60.2. The summed E-state index contributed by atoms with van der Waals surface area (Å²) in [5, 5.41) is 7.29. The molecule has 3 N–H and O–H groups in total. The first kappa shape index (κ1) is 28.6. The number of anilines is 1. The first-order valence-electron chi connectivity index (χ1n) is 12.9. The Balaban J connectivity index is 1.15. The van der Waals surface area contributed by atoms with Crippen LogP contribution in [0.15, 0.2) is 60.7 Å². The van der Waals surface area contributed by atoms with Crippen molar-refractivity contribution in [2.45, 2.75) is 44.8 Å². The minimum Gasteiger partial charge on any atom is -0.489 e. The number of ether oxygens (including phenoxy) is 1. The zero-order chi connectivity index (χ0) is 30.0. The highest BCUT2D eigenvalue weighted by molar-refractivity contribution is 6.05. The molecule has 9 nitrogen and oxygen atoms in total. The minimum atomic E-state index is -4.50. The van der Waals surface area contributed by atoms with Crippen LogP contribution in [0.1, 0.15) is 45.5 Å². The maximum absolute atomic E-state index is 15.3. The summed E-state index contributed by atoms with van der Waals surface area (Å²) in [5.41, 5.74) is -0.0796. The molecule has 3 aromatic carbocycles. The molecule has 1 atom stereocenters. The Labute approximate surface area is 236 Å². The van der Waals surface area contributed by atoms with Crippen molar-refractivity contribution in [2.24, 2.45) is 0 Å². The number of nitrogens with one attached hydrogen (secondary N) is 3. The predicted octanol–water partition coefficient (Wildman–Crippen LogP) is 4.51. The third-order valence-corrected chi connectivity index (χ3v) is 7.00. The number of urea groups is 1. The quantitative estimate of drug-likeness (QED) is 0.279. The SMILES string of the molecule is O=C1CCC(N2Cc3c(ccc(CNC(=O)Nc4ccc(OCc5ccccc5C(F)(F)F)cc4)c3F)C2=O)C(=O)N1.